The van der Waals surface area contributed by atoms with Crippen LogP contribution in [0, 0.1) is 24.6 Å². The lowest BCUT2D eigenvalue weighted by molar-refractivity contribution is 0.0608. The van der Waals surface area contributed by atoms with Gasteiger partial charge >= 0.3 is 5.97 Å². The van der Waals surface area contributed by atoms with Crippen molar-refractivity contribution >= 4 is 60.8 Å². The molecule has 5 aromatic rings. The fourth-order valence-corrected chi connectivity index (χ4v) is 6.75. The standard InChI is InChI=1S/C34H36FN7O5S2/c1-21-18-29(40-41-31(21)39-33-37-25-9-4-5-10-27(25)48-33)42(16-14-23(43)20-46-3)34-38-30(32(44)45)28(49-34)11-7-17-47-26-13-12-22(19-24(26)35)8-6-15-36-2/h4-5,9-10,12-13,18-19,23,36,43H,7,11,14-17,20H2,1-3H3,(H,44,45)(H,37,39,41). The van der Waals surface area contributed by atoms with Gasteiger partial charge in [0.15, 0.2) is 39.2 Å². The predicted molar refractivity (Wildman–Crippen MR) is 189 cm³/mol. The number of methoxy groups -OCH3 is 1. The monoisotopic (exact) mass is 705 g/mol. The van der Waals surface area contributed by atoms with Crippen molar-refractivity contribution in [3.63, 3.8) is 0 Å². The number of para-hydroxylation sites is 1. The number of carbonyl (C=O) groups is 1. The van der Waals surface area contributed by atoms with E-state index in [2.05, 4.69) is 42.6 Å². The molecule has 1 atom stereocenters. The normalized spacial score (nSPS) is 11.6. The van der Waals surface area contributed by atoms with Gasteiger partial charge in [0, 0.05) is 24.1 Å². The summed E-state index contributed by atoms with van der Waals surface area (Å²) in [7, 11) is 3.29. The van der Waals surface area contributed by atoms with E-state index >= 15 is 0 Å². The molecule has 49 heavy (non-hydrogen) atoms. The number of thiazole rings is 2. The van der Waals surface area contributed by atoms with Gasteiger partial charge in [-0.2, -0.15) is 0 Å². The minimum atomic E-state index is -1.17. The number of anilines is 4. The van der Waals surface area contributed by atoms with Gasteiger partial charge in [-0.3, -0.25) is 0 Å². The largest absolute Gasteiger partial charge is 0.491 e. The lowest BCUT2D eigenvalue weighted by Crippen LogP contribution is -2.26. The molecule has 0 bridgehead atoms. The van der Waals surface area contributed by atoms with E-state index in [0.717, 1.165) is 15.8 Å². The number of fused-ring (bicyclic) bond motifs is 1. The number of aromatic carboxylic acids is 1. The summed E-state index contributed by atoms with van der Waals surface area (Å²) in [6, 6.07) is 14.2. The van der Waals surface area contributed by atoms with Crippen molar-refractivity contribution in [2.24, 2.45) is 0 Å². The molecule has 3 aromatic heterocycles. The average Bonchev–Trinajstić information content (AvgIpc) is 3.69. The van der Waals surface area contributed by atoms with Crippen LogP contribution >= 0.6 is 22.7 Å². The summed E-state index contributed by atoms with van der Waals surface area (Å²) in [5.41, 5.74) is 2.12. The van der Waals surface area contributed by atoms with Gasteiger partial charge in [-0.15, -0.1) is 21.5 Å². The maximum atomic E-state index is 14.6. The number of aryl methyl sites for hydroxylation is 2. The Kier molecular flexibility index (Phi) is 12.4. The van der Waals surface area contributed by atoms with Crippen LogP contribution < -0.4 is 20.3 Å². The number of ether oxygens (including phenoxy) is 2. The Labute approximate surface area is 291 Å². The van der Waals surface area contributed by atoms with E-state index in [1.54, 1.807) is 18.0 Å². The first kappa shape index (κ1) is 35.6. The van der Waals surface area contributed by atoms with Gasteiger partial charge in [0.25, 0.3) is 0 Å². The zero-order valence-corrected chi connectivity index (χ0v) is 28.8. The molecule has 12 nitrogen and oxygen atoms in total. The van der Waals surface area contributed by atoms with Crippen LogP contribution in [0.25, 0.3) is 10.2 Å². The minimum absolute atomic E-state index is 0.0862. The summed E-state index contributed by atoms with van der Waals surface area (Å²) in [5.74, 6) is 5.13. The number of rotatable bonds is 16. The van der Waals surface area contributed by atoms with E-state index in [1.165, 1.54) is 41.9 Å². The second-order valence-electron chi connectivity index (χ2n) is 10.9. The van der Waals surface area contributed by atoms with Gasteiger partial charge in [-0.25, -0.2) is 19.2 Å². The molecule has 0 saturated heterocycles. The number of aromatic nitrogens is 4. The van der Waals surface area contributed by atoms with E-state index in [4.69, 9.17) is 9.47 Å². The van der Waals surface area contributed by atoms with Gasteiger partial charge in [0.1, 0.15) is 0 Å². The molecule has 3 heterocycles. The van der Waals surface area contributed by atoms with Crippen LogP contribution in [-0.4, -0.2) is 82.9 Å². The molecule has 4 N–H and O–H groups in total. The smallest absolute Gasteiger partial charge is 0.355 e. The summed E-state index contributed by atoms with van der Waals surface area (Å²) in [6.45, 7) is 2.95. The van der Waals surface area contributed by atoms with Crippen LogP contribution in [0.4, 0.5) is 26.3 Å². The summed E-state index contributed by atoms with van der Waals surface area (Å²) in [5, 5.41) is 36.5. The maximum absolute atomic E-state index is 14.6. The quantitative estimate of drug-likeness (QED) is 0.0752. The number of aliphatic hydroxyl groups is 1. The fraction of sp³-hybridized carbons (Fsp3) is 0.324. The van der Waals surface area contributed by atoms with Crippen LogP contribution in [0.5, 0.6) is 5.75 Å². The van der Waals surface area contributed by atoms with Crippen LogP contribution in [0.2, 0.25) is 0 Å². The summed E-state index contributed by atoms with van der Waals surface area (Å²) in [4.78, 5) is 23.6. The summed E-state index contributed by atoms with van der Waals surface area (Å²) >= 11 is 2.71. The van der Waals surface area contributed by atoms with Crippen molar-refractivity contribution < 1.29 is 28.9 Å². The molecule has 0 spiro atoms. The lowest BCUT2D eigenvalue weighted by Gasteiger charge is -2.22. The van der Waals surface area contributed by atoms with Gasteiger partial charge in [0.2, 0.25) is 0 Å². The number of aliphatic hydroxyl groups excluding tert-OH is 1. The SMILES string of the molecule is CNCC#Cc1ccc(OCCCc2sc(N(CCC(O)COC)c3cc(C)c(Nc4nc5ccccc5s4)nn3)nc2C(=O)O)c(F)c1. The third kappa shape index (κ3) is 9.46. The molecule has 0 aliphatic rings. The lowest BCUT2D eigenvalue weighted by atomic mass is 10.2. The summed E-state index contributed by atoms with van der Waals surface area (Å²) in [6.07, 6.45) is 0.302. The first-order chi connectivity index (χ1) is 23.7. The Bertz CT molecular complexity index is 1930. The van der Waals surface area contributed by atoms with Crippen LogP contribution in [0.15, 0.2) is 48.5 Å². The second-order valence-corrected chi connectivity index (χ2v) is 13.0. The zero-order valence-electron chi connectivity index (χ0n) is 27.2. The summed E-state index contributed by atoms with van der Waals surface area (Å²) < 4.78 is 26.4. The molecule has 256 valence electrons. The van der Waals surface area contributed by atoms with Crippen LogP contribution in [0.3, 0.4) is 0 Å². The van der Waals surface area contributed by atoms with Crippen molar-refractivity contribution in [2.45, 2.75) is 32.3 Å². The maximum Gasteiger partial charge on any atom is 0.355 e. The topological polar surface area (TPSA) is 155 Å². The van der Waals surface area contributed by atoms with Gasteiger partial charge in [-0.1, -0.05) is 35.3 Å². The number of nitrogens with one attached hydrogen (secondary N) is 2. The van der Waals surface area contributed by atoms with Gasteiger partial charge < -0.3 is 35.2 Å². The van der Waals surface area contributed by atoms with Crippen LogP contribution in [0.1, 0.15) is 39.3 Å². The molecule has 0 amide bonds. The van der Waals surface area contributed by atoms with Crippen molar-refractivity contribution in [2.75, 3.05) is 50.7 Å². The number of benzene rings is 2. The van der Waals surface area contributed by atoms with Crippen molar-refractivity contribution in [1.82, 2.24) is 25.5 Å². The fourth-order valence-electron chi connectivity index (χ4n) is 4.75. The average molecular weight is 706 g/mol. The number of hydrogen-bond acceptors (Lipinski definition) is 13. The highest BCUT2D eigenvalue weighted by Gasteiger charge is 2.24. The Morgan fingerprint density at radius 3 is 2.71 bits per heavy atom. The van der Waals surface area contributed by atoms with E-state index in [1.807, 2.05) is 37.3 Å². The number of carboxylic acids is 1. The molecule has 0 aliphatic heterocycles. The molecule has 0 aliphatic carbocycles. The highest BCUT2D eigenvalue weighted by Crippen LogP contribution is 2.34. The van der Waals surface area contributed by atoms with E-state index < -0.39 is 17.9 Å². The molecular weight excluding hydrogens is 670 g/mol. The molecule has 1 unspecified atom stereocenters. The molecule has 0 fully saturated rings. The highest BCUT2D eigenvalue weighted by molar-refractivity contribution is 7.22. The zero-order chi connectivity index (χ0) is 34.8. The number of carboxylic acid groups (broad SMARTS) is 1. The number of hydrogen-bond donors (Lipinski definition) is 4. The van der Waals surface area contributed by atoms with Crippen molar-refractivity contribution in [3.8, 4) is 17.6 Å². The predicted octanol–water partition coefficient (Wildman–Crippen LogP) is 5.55. The van der Waals surface area contributed by atoms with Gasteiger partial charge in [-0.05, 0) is 75.2 Å². The Hall–Kier alpha value is -4.72. The Morgan fingerprint density at radius 1 is 1.14 bits per heavy atom. The third-order valence-corrected chi connectivity index (χ3v) is 9.26. The van der Waals surface area contributed by atoms with Crippen molar-refractivity contribution in [1.29, 1.82) is 0 Å². The third-order valence-electron chi connectivity index (χ3n) is 7.17. The first-order valence-corrected chi connectivity index (χ1v) is 17.1. The highest BCUT2D eigenvalue weighted by atomic mass is 32.1. The first-order valence-electron chi connectivity index (χ1n) is 15.5. The number of nitrogens with zero attached hydrogens (tertiary/aromatic N) is 5. The second kappa shape index (κ2) is 17.1. The molecule has 15 heteroatoms. The van der Waals surface area contributed by atoms with E-state index in [9.17, 15) is 19.4 Å². The van der Waals surface area contributed by atoms with E-state index in [0.29, 0.717) is 58.1 Å². The molecule has 0 radical (unpaired) electrons. The van der Waals surface area contributed by atoms with Crippen LogP contribution in [-0.2, 0) is 11.2 Å². The Morgan fingerprint density at radius 2 is 1.98 bits per heavy atom. The molecule has 0 saturated carbocycles. The van der Waals surface area contributed by atoms with Gasteiger partial charge in [0.05, 0.1) is 36.1 Å². The number of halogens is 1. The minimum Gasteiger partial charge on any atom is -0.491 e. The molecular formula is C34H36FN7O5S2. The molecule has 5 rings (SSSR count). The molecule has 2 aromatic carbocycles. The van der Waals surface area contributed by atoms with Crippen molar-refractivity contribution in [3.05, 3.63) is 76.0 Å². The van der Waals surface area contributed by atoms with E-state index in [-0.39, 0.29) is 31.2 Å². The Balaban J connectivity index is 1.32.